The molecule has 0 aromatic carbocycles. The molecule has 0 aromatic rings. The standard InChI is InChI=1S/C14H22N4O7/c15-7(6-11(20)21)12(22)17-8(3-4-10(16)19)13(23)18-5-1-2-9(18)14(24)25/h7-9H,1-6,15H2,(H2,16,19)(H,17,22)(H,20,21)(H,24,25)/t7-,8-,9+/m0/s1. The van der Waals surface area contributed by atoms with Gasteiger partial charge in [-0.05, 0) is 19.3 Å². The number of nitrogens with two attached hydrogens (primary N) is 2. The lowest BCUT2D eigenvalue weighted by Crippen LogP contribution is -2.54. The summed E-state index contributed by atoms with van der Waals surface area (Å²) in [6.07, 6.45) is -0.198. The largest absolute Gasteiger partial charge is 0.481 e. The molecule has 0 spiro atoms. The van der Waals surface area contributed by atoms with E-state index < -0.39 is 54.2 Å². The van der Waals surface area contributed by atoms with Crippen LogP contribution in [0, 0.1) is 0 Å². The maximum absolute atomic E-state index is 12.6. The average molecular weight is 358 g/mol. The van der Waals surface area contributed by atoms with Crippen LogP contribution >= 0.6 is 0 Å². The van der Waals surface area contributed by atoms with Crippen LogP contribution in [-0.2, 0) is 24.0 Å². The van der Waals surface area contributed by atoms with E-state index in [9.17, 15) is 24.0 Å². The van der Waals surface area contributed by atoms with Gasteiger partial charge in [0.1, 0.15) is 12.1 Å². The van der Waals surface area contributed by atoms with Gasteiger partial charge >= 0.3 is 11.9 Å². The maximum atomic E-state index is 12.6. The summed E-state index contributed by atoms with van der Waals surface area (Å²) in [6, 6.07) is -3.59. The Labute approximate surface area is 143 Å². The minimum atomic E-state index is -1.38. The van der Waals surface area contributed by atoms with Crippen molar-refractivity contribution >= 4 is 29.7 Å². The Hall–Kier alpha value is -2.69. The van der Waals surface area contributed by atoms with E-state index in [0.717, 1.165) is 4.90 Å². The third-order valence-corrected chi connectivity index (χ3v) is 3.85. The van der Waals surface area contributed by atoms with Gasteiger partial charge < -0.3 is 31.9 Å². The first-order valence-electron chi connectivity index (χ1n) is 7.72. The summed E-state index contributed by atoms with van der Waals surface area (Å²) in [5, 5.41) is 20.1. The van der Waals surface area contributed by atoms with Crippen LogP contribution in [0.15, 0.2) is 0 Å². The number of hydrogen-bond donors (Lipinski definition) is 5. The van der Waals surface area contributed by atoms with Crippen LogP contribution < -0.4 is 16.8 Å². The van der Waals surface area contributed by atoms with Crippen LogP contribution in [0.3, 0.4) is 0 Å². The molecule has 1 saturated heterocycles. The highest BCUT2D eigenvalue weighted by molar-refractivity contribution is 5.93. The Morgan fingerprint density at radius 1 is 1.20 bits per heavy atom. The van der Waals surface area contributed by atoms with Crippen molar-refractivity contribution in [1.82, 2.24) is 10.2 Å². The van der Waals surface area contributed by atoms with E-state index in [2.05, 4.69) is 5.32 Å². The number of carboxylic acid groups (broad SMARTS) is 2. The molecule has 0 unspecified atom stereocenters. The molecule has 1 rings (SSSR count). The molecule has 25 heavy (non-hydrogen) atoms. The van der Waals surface area contributed by atoms with Crippen LogP contribution in [0.5, 0.6) is 0 Å². The first-order chi connectivity index (χ1) is 11.6. The zero-order valence-corrected chi connectivity index (χ0v) is 13.5. The molecule has 1 aliphatic heterocycles. The number of rotatable bonds is 9. The van der Waals surface area contributed by atoms with Gasteiger partial charge in [-0.15, -0.1) is 0 Å². The van der Waals surface area contributed by atoms with Crippen molar-refractivity contribution < 1.29 is 34.2 Å². The molecule has 1 heterocycles. The molecule has 0 aliphatic carbocycles. The van der Waals surface area contributed by atoms with Crippen molar-refractivity contribution in [1.29, 1.82) is 0 Å². The van der Waals surface area contributed by atoms with Gasteiger partial charge in [-0.1, -0.05) is 0 Å². The number of carboxylic acids is 2. The molecule has 3 atom stereocenters. The van der Waals surface area contributed by atoms with Gasteiger partial charge in [0.05, 0.1) is 12.5 Å². The number of likely N-dealkylation sites (tertiary alicyclic amines) is 1. The Bertz CT molecular complexity index is 565. The third-order valence-electron chi connectivity index (χ3n) is 3.85. The molecule has 0 radical (unpaired) electrons. The summed E-state index contributed by atoms with van der Waals surface area (Å²) >= 11 is 0. The second kappa shape index (κ2) is 8.97. The summed E-state index contributed by atoms with van der Waals surface area (Å²) < 4.78 is 0. The minimum Gasteiger partial charge on any atom is -0.481 e. The highest BCUT2D eigenvalue weighted by Gasteiger charge is 2.38. The lowest BCUT2D eigenvalue weighted by atomic mass is 10.1. The van der Waals surface area contributed by atoms with Crippen molar-refractivity contribution in [2.24, 2.45) is 11.5 Å². The van der Waals surface area contributed by atoms with Gasteiger partial charge in [-0.2, -0.15) is 0 Å². The van der Waals surface area contributed by atoms with E-state index in [4.69, 9.17) is 21.7 Å². The molecule has 0 saturated carbocycles. The Kier molecular flexibility index (Phi) is 7.30. The van der Waals surface area contributed by atoms with Crippen molar-refractivity contribution in [2.75, 3.05) is 6.54 Å². The Balaban J connectivity index is 2.86. The summed E-state index contributed by atoms with van der Waals surface area (Å²) in [5.74, 6) is -4.68. The van der Waals surface area contributed by atoms with Gasteiger partial charge in [0.25, 0.3) is 0 Å². The zero-order valence-electron chi connectivity index (χ0n) is 13.5. The fraction of sp³-hybridized carbons (Fsp3) is 0.643. The predicted octanol–water partition coefficient (Wildman–Crippen LogP) is -2.39. The molecule has 1 fully saturated rings. The van der Waals surface area contributed by atoms with E-state index in [1.807, 2.05) is 0 Å². The van der Waals surface area contributed by atoms with E-state index in [1.165, 1.54) is 0 Å². The molecule has 0 bridgehead atoms. The van der Waals surface area contributed by atoms with Crippen LogP contribution in [-0.4, -0.2) is 69.4 Å². The quantitative estimate of drug-likeness (QED) is 0.301. The monoisotopic (exact) mass is 358 g/mol. The number of aliphatic carboxylic acids is 2. The van der Waals surface area contributed by atoms with Crippen molar-refractivity contribution in [3.63, 3.8) is 0 Å². The molecule has 11 nitrogen and oxygen atoms in total. The van der Waals surface area contributed by atoms with E-state index >= 15 is 0 Å². The fourth-order valence-corrected chi connectivity index (χ4v) is 2.59. The van der Waals surface area contributed by atoms with Gasteiger partial charge in [-0.25, -0.2) is 4.79 Å². The molecule has 0 aromatic heterocycles. The summed E-state index contributed by atoms with van der Waals surface area (Å²) in [4.78, 5) is 58.5. The van der Waals surface area contributed by atoms with Gasteiger partial charge in [0.2, 0.25) is 17.7 Å². The summed E-state index contributed by atoms with van der Waals surface area (Å²) in [7, 11) is 0. The smallest absolute Gasteiger partial charge is 0.326 e. The van der Waals surface area contributed by atoms with Crippen LogP contribution in [0.2, 0.25) is 0 Å². The molecule has 3 amide bonds. The third kappa shape index (κ3) is 6.03. The molecular weight excluding hydrogens is 336 g/mol. The zero-order chi connectivity index (χ0) is 19.1. The number of carbonyl (C=O) groups is 5. The molecule has 140 valence electrons. The van der Waals surface area contributed by atoms with Gasteiger partial charge in [0.15, 0.2) is 0 Å². The first-order valence-corrected chi connectivity index (χ1v) is 7.72. The Morgan fingerprint density at radius 3 is 2.36 bits per heavy atom. The lowest BCUT2D eigenvalue weighted by Gasteiger charge is -2.27. The highest BCUT2D eigenvalue weighted by Crippen LogP contribution is 2.19. The predicted molar refractivity (Wildman–Crippen MR) is 83.0 cm³/mol. The number of amides is 3. The highest BCUT2D eigenvalue weighted by atomic mass is 16.4. The average Bonchev–Trinajstić information content (AvgIpc) is 2.99. The number of primary amides is 1. The molecule has 1 aliphatic rings. The molecule has 11 heteroatoms. The summed E-state index contributed by atoms with van der Waals surface area (Å²) in [5.41, 5.74) is 10.5. The van der Waals surface area contributed by atoms with Crippen LogP contribution in [0.1, 0.15) is 32.1 Å². The van der Waals surface area contributed by atoms with Gasteiger partial charge in [0, 0.05) is 13.0 Å². The lowest BCUT2D eigenvalue weighted by molar-refractivity contribution is -0.149. The van der Waals surface area contributed by atoms with Crippen molar-refractivity contribution in [3.05, 3.63) is 0 Å². The maximum Gasteiger partial charge on any atom is 0.326 e. The molecule has 7 N–H and O–H groups in total. The molecular formula is C14H22N4O7. The van der Waals surface area contributed by atoms with E-state index in [0.29, 0.717) is 6.42 Å². The minimum absolute atomic E-state index is 0.136. The Morgan fingerprint density at radius 2 is 1.84 bits per heavy atom. The topological polar surface area (TPSA) is 193 Å². The summed E-state index contributed by atoms with van der Waals surface area (Å²) in [6.45, 7) is 0.208. The first kappa shape index (κ1) is 20.4. The SMILES string of the molecule is NC(=O)CC[C@H](NC(=O)[C@@H](N)CC(=O)O)C(=O)N1CCC[C@@H]1C(=O)O. The number of carbonyl (C=O) groups excluding carboxylic acids is 3. The fourth-order valence-electron chi connectivity index (χ4n) is 2.59. The van der Waals surface area contributed by atoms with Crippen molar-refractivity contribution in [2.45, 2.75) is 50.2 Å². The van der Waals surface area contributed by atoms with Crippen LogP contribution in [0.4, 0.5) is 0 Å². The van der Waals surface area contributed by atoms with Crippen LogP contribution in [0.25, 0.3) is 0 Å². The number of nitrogens with zero attached hydrogens (tertiary/aromatic N) is 1. The van der Waals surface area contributed by atoms with E-state index in [1.54, 1.807) is 0 Å². The van der Waals surface area contributed by atoms with Crippen molar-refractivity contribution in [3.8, 4) is 0 Å². The second-order valence-electron chi connectivity index (χ2n) is 5.80. The number of hydrogen-bond acceptors (Lipinski definition) is 6. The van der Waals surface area contributed by atoms with Gasteiger partial charge in [-0.3, -0.25) is 19.2 Å². The number of nitrogens with one attached hydrogen (secondary N) is 1. The van der Waals surface area contributed by atoms with E-state index in [-0.39, 0.29) is 25.8 Å². The second-order valence-corrected chi connectivity index (χ2v) is 5.80. The normalized spacial score (nSPS) is 19.1.